The van der Waals surface area contributed by atoms with Crippen LogP contribution in [0.5, 0.6) is 0 Å². The second-order valence-corrected chi connectivity index (χ2v) is 13.1. The third-order valence-electron chi connectivity index (χ3n) is 9.02. The molecule has 2 heterocycles. The van der Waals surface area contributed by atoms with Crippen molar-refractivity contribution in [3.8, 4) is 22.3 Å². The van der Waals surface area contributed by atoms with E-state index in [-0.39, 0.29) is 20.1 Å². The summed E-state index contributed by atoms with van der Waals surface area (Å²) >= 11 is 0. The average molecular weight is 633 g/mol. The molecule has 0 atom stereocenters. The number of nitrogens with zero attached hydrogens (tertiary/aromatic N) is 4. The summed E-state index contributed by atoms with van der Waals surface area (Å²) in [5.41, 5.74) is 9.39. The standard InChI is InChI=1S/C41H48N4O2/c1-26(2)30-13-9-14-31(27(3)4)38(30)34-17-12-20-37-40(34)43(23-44(37)24-46)21-42-22-45(25-47)41-35(18-11-19-36(41)42)39-32(28(5)6)15-10-16-33(39)29(7)8/h9-20,26-29,46-47H,21,24-25H2,1-8H3/i26D,27D,28D,29D. The van der Waals surface area contributed by atoms with Crippen LogP contribution in [0.4, 0.5) is 0 Å². The van der Waals surface area contributed by atoms with Crippen molar-refractivity contribution in [3.63, 3.8) is 0 Å². The second kappa shape index (κ2) is 13.1. The molecule has 6 aromatic rings. The monoisotopic (exact) mass is 632 g/mol. The van der Waals surface area contributed by atoms with E-state index < -0.39 is 23.6 Å². The molecule has 6 rings (SSSR count). The Bertz CT molecular complexity index is 2200. The molecule has 0 spiro atoms. The van der Waals surface area contributed by atoms with Crippen LogP contribution in [-0.2, 0) is 20.1 Å². The molecule has 0 aliphatic rings. The Morgan fingerprint density at radius 1 is 0.596 bits per heavy atom. The molecule has 0 aliphatic heterocycles. The minimum atomic E-state index is -0.962. The van der Waals surface area contributed by atoms with Gasteiger partial charge in [-0.2, -0.15) is 0 Å². The first-order chi connectivity index (χ1) is 23.8. The van der Waals surface area contributed by atoms with E-state index in [9.17, 15) is 10.2 Å². The number of aromatic nitrogens is 4. The third kappa shape index (κ3) is 5.68. The van der Waals surface area contributed by atoms with E-state index in [1.165, 1.54) is 0 Å². The predicted molar refractivity (Wildman–Crippen MR) is 189 cm³/mol. The van der Waals surface area contributed by atoms with Crippen molar-refractivity contribution in [1.29, 1.82) is 0 Å². The first-order valence-corrected chi connectivity index (χ1v) is 16.2. The fraction of sp³-hybridized carbons (Fsp3) is 0.366. The first-order valence-electron chi connectivity index (χ1n) is 18.2. The van der Waals surface area contributed by atoms with Crippen molar-refractivity contribution in [2.75, 3.05) is 0 Å². The van der Waals surface area contributed by atoms with Crippen LogP contribution in [0.25, 0.3) is 44.3 Å². The Balaban J connectivity index is 1.64. The third-order valence-corrected chi connectivity index (χ3v) is 9.02. The van der Waals surface area contributed by atoms with E-state index in [1.807, 2.05) is 137 Å². The van der Waals surface area contributed by atoms with Gasteiger partial charge in [0, 0.05) is 27.5 Å². The molecular weight excluding hydrogens is 580 g/mol. The lowest BCUT2D eigenvalue weighted by molar-refractivity contribution is -0.711. The fourth-order valence-corrected chi connectivity index (χ4v) is 6.88. The molecule has 6 nitrogen and oxygen atoms in total. The van der Waals surface area contributed by atoms with Gasteiger partial charge in [0.25, 0.3) is 0 Å². The van der Waals surface area contributed by atoms with Gasteiger partial charge < -0.3 is 28.5 Å². The van der Waals surface area contributed by atoms with Crippen molar-refractivity contribution in [2.45, 2.75) is 99.1 Å². The SMILES string of the molecule is [2H]C(C)(C)c1cccc(C([2H])(C)C)c1-c1cccc2c1n(Cn1[c-][n+](CO)c3c(-c4c(C([2H])(C)C)cccc4C([2H])(C)C)cccc31)[c-][n+]2CO. The molecule has 47 heavy (non-hydrogen) atoms. The Morgan fingerprint density at radius 3 is 1.55 bits per heavy atom. The number of benzene rings is 4. The fourth-order valence-electron chi connectivity index (χ4n) is 6.88. The number of hydrogen-bond acceptors (Lipinski definition) is 2. The summed E-state index contributed by atoms with van der Waals surface area (Å²) in [4.78, 5) is 0. The molecule has 0 fully saturated rings. The number of para-hydroxylation sites is 2. The van der Waals surface area contributed by atoms with Crippen LogP contribution in [0.1, 0.15) is 107 Å². The maximum absolute atomic E-state index is 10.7. The van der Waals surface area contributed by atoms with Crippen molar-refractivity contribution >= 4 is 22.1 Å². The van der Waals surface area contributed by atoms with Crippen LogP contribution in [-0.4, -0.2) is 19.3 Å². The van der Waals surface area contributed by atoms with E-state index in [4.69, 9.17) is 5.48 Å². The molecule has 244 valence electrons. The van der Waals surface area contributed by atoms with Crippen LogP contribution in [0, 0.1) is 12.7 Å². The van der Waals surface area contributed by atoms with E-state index >= 15 is 0 Å². The highest BCUT2D eigenvalue weighted by Crippen LogP contribution is 2.41. The summed E-state index contributed by atoms with van der Waals surface area (Å²) in [6, 6.07) is 23.4. The van der Waals surface area contributed by atoms with Gasteiger partial charge in [0.2, 0.25) is 12.7 Å². The van der Waals surface area contributed by atoms with Gasteiger partial charge in [-0.25, -0.2) is 0 Å². The van der Waals surface area contributed by atoms with Crippen molar-refractivity contribution in [1.82, 2.24) is 9.13 Å². The summed E-state index contributed by atoms with van der Waals surface area (Å²) in [7, 11) is 0. The summed E-state index contributed by atoms with van der Waals surface area (Å²) in [6.07, 6.45) is 6.69. The van der Waals surface area contributed by atoms with Crippen LogP contribution in [0.15, 0.2) is 72.8 Å². The molecule has 6 heteroatoms. The van der Waals surface area contributed by atoms with Gasteiger partial charge in [-0.1, -0.05) is 128 Å². The predicted octanol–water partition coefficient (Wildman–Crippen LogP) is 8.00. The number of hydrogen-bond donors (Lipinski definition) is 2. The number of aliphatic hydroxyl groups excluding tert-OH is 2. The van der Waals surface area contributed by atoms with Crippen LogP contribution in [0.2, 0.25) is 0 Å². The molecule has 0 unspecified atom stereocenters. The zero-order valence-electron chi connectivity index (χ0n) is 32.7. The van der Waals surface area contributed by atoms with Crippen LogP contribution < -0.4 is 9.13 Å². The molecule has 0 amide bonds. The lowest BCUT2D eigenvalue weighted by Crippen LogP contribution is -2.33. The zero-order chi connectivity index (χ0) is 37.3. The lowest BCUT2D eigenvalue weighted by atomic mass is 9.84. The molecular formula is C41H48N4O2. The summed E-state index contributed by atoms with van der Waals surface area (Å²) in [5.74, 6) is -3.84. The summed E-state index contributed by atoms with van der Waals surface area (Å²) < 4.78 is 43.3. The van der Waals surface area contributed by atoms with Crippen LogP contribution in [0.3, 0.4) is 0 Å². The molecule has 2 N–H and O–H groups in total. The maximum atomic E-state index is 10.7. The van der Waals surface area contributed by atoms with Gasteiger partial charge in [-0.3, -0.25) is 0 Å². The van der Waals surface area contributed by atoms with Gasteiger partial charge in [-0.15, -0.1) is 0 Å². The number of imidazole rings is 2. The Hall–Kier alpha value is -4.26. The molecule has 0 radical (unpaired) electrons. The average Bonchev–Trinajstić information content (AvgIpc) is 3.60. The number of rotatable bonds is 10. The van der Waals surface area contributed by atoms with Crippen molar-refractivity contribution in [2.24, 2.45) is 0 Å². The van der Waals surface area contributed by atoms with Crippen LogP contribution >= 0.6 is 0 Å². The smallest absolute Gasteiger partial charge is 0.209 e. The van der Waals surface area contributed by atoms with Gasteiger partial charge in [0.15, 0.2) is 20.1 Å². The quantitative estimate of drug-likeness (QED) is 0.119. The highest BCUT2D eigenvalue weighted by atomic mass is 16.3. The van der Waals surface area contributed by atoms with Gasteiger partial charge in [0.1, 0.15) is 0 Å². The first kappa shape index (κ1) is 27.8. The van der Waals surface area contributed by atoms with E-state index in [0.717, 1.165) is 61.1 Å². The minimum Gasteiger partial charge on any atom is -0.359 e. The highest BCUT2D eigenvalue weighted by Gasteiger charge is 2.22. The van der Waals surface area contributed by atoms with Gasteiger partial charge in [-0.05, 0) is 68.1 Å². The maximum Gasteiger partial charge on any atom is 0.209 e. The van der Waals surface area contributed by atoms with Crippen molar-refractivity contribution < 1.29 is 24.8 Å². The molecule has 0 saturated heterocycles. The highest BCUT2D eigenvalue weighted by molar-refractivity contribution is 5.94. The Morgan fingerprint density at radius 2 is 1.04 bits per heavy atom. The second-order valence-electron chi connectivity index (χ2n) is 13.1. The number of fused-ring (bicyclic) bond motifs is 2. The van der Waals surface area contributed by atoms with E-state index in [0.29, 0.717) is 5.52 Å². The molecule has 0 saturated carbocycles. The topological polar surface area (TPSA) is 58.1 Å². The normalized spacial score (nSPS) is 14.3. The Labute approximate surface area is 284 Å². The molecule has 4 aromatic carbocycles. The summed E-state index contributed by atoms with van der Waals surface area (Å²) in [6.45, 7) is 14.3. The molecule has 0 bridgehead atoms. The Kier molecular flexibility index (Phi) is 7.75. The zero-order valence-corrected chi connectivity index (χ0v) is 28.7. The van der Waals surface area contributed by atoms with Gasteiger partial charge in [0.05, 0.1) is 0 Å². The molecule has 2 aromatic heterocycles. The largest absolute Gasteiger partial charge is 0.359 e. The molecule has 0 aliphatic carbocycles. The van der Waals surface area contributed by atoms with Gasteiger partial charge >= 0.3 is 0 Å². The number of aliphatic hydroxyl groups is 2. The minimum absolute atomic E-state index is 0.210. The van der Waals surface area contributed by atoms with E-state index in [1.54, 1.807) is 9.13 Å². The summed E-state index contributed by atoms with van der Waals surface area (Å²) in [5, 5.41) is 21.2. The van der Waals surface area contributed by atoms with E-state index in [2.05, 4.69) is 12.7 Å². The lowest BCUT2D eigenvalue weighted by Gasteiger charge is -2.22. The van der Waals surface area contributed by atoms with Crippen molar-refractivity contribution in [3.05, 3.63) is 108 Å².